The van der Waals surface area contributed by atoms with Gasteiger partial charge in [0.2, 0.25) is 0 Å². The number of guanidine groups is 1. The topological polar surface area (TPSA) is 64.1 Å². The largest absolute Gasteiger partial charge is 0.496 e. The Balaban J connectivity index is 1.44. The number of benzene rings is 2. The number of nitrogens with zero attached hydrogens (tertiary/aromatic N) is 1. The molecule has 1 aliphatic rings. The standard InChI is InChI=1S/C20H25N3O3/c1-21-20(22-12-11-15-7-3-4-8-17(15)24-2)23-13-16-14-25-18-9-5-6-10-19(18)26-16/h3-10,16H,11-14H2,1-2H3,(H2,21,22,23). The maximum absolute atomic E-state index is 5.94. The number of nitrogens with one attached hydrogen (secondary N) is 2. The highest BCUT2D eigenvalue weighted by Gasteiger charge is 2.20. The minimum absolute atomic E-state index is 0.0577. The monoisotopic (exact) mass is 355 g/mol. The van der Waals surface area contributed by atoms with Crippen LogP contribution in [0.5, 0.6) is 17.2 Å². The second-order valence-corrected chi connectivity index (χ2v) is 5.94. The van der Waals surface area contributed by atoms with E-state index >= 15 is 0 Å². The molecule has 0 fully saturated rings. The lowest BCUT2D eigenvalue weighted by molar-refractivity contribution is 0.0936. The van der Waals surface area contributed by atoms with Crippen LogP contribution in [-0.2, 0) is 6.42 Å². The summed E-state index contributed by atoms with van der Waals surface area (Å²) < 4.78 is 17.1. The van der Waals surface area contributed by atoms with Crippen LogP contribution >= 0.6 is 0 Å². The molecule has 26 heavy (non-hydrogen) atoms. The summed E-state index contributed by atoms with van der Waals surface area (Å²) in [6.45, 7) is 1.88. The van der Waals surface area contributed by atoms with Crippen LogP contribution in [0.1, 0.15) is 5.56 Å². The molecule has 2 aromatic carbocycles. The van der Waals surface area contributed by atoms with Gasteiger partial charge in [-0.15, -0.1) is 0 Å². The summed E-state index contributed by atoms with van der Waals surface area (Å²) in [7, 11) is 3.45. The molecule has 2 N–H and O–H groups in total. The first-order chi connectivity index (χ1) is 12.8. The third kappa shape index (κ3) is 4.59. The fourth-order valence-electron chi connectivity index (χ4n) is 2.82. The van der Waals surface area contributed by atoms with Gasteiger partial charge in [-0.1, -0.05) is 30.3 Å². The van der Waals surface area contributed by atoms with Gasteiger partial charge in [-0.05, 0) is 30.2 Å². The number of methoxy groups -OCH3 is 1. The molecule has 6 nitrogen and oxygen atoms in total. The number of ether oxygens (including phenoxy) is 3. The second kappa shape index (κ2) is 8.99. The average molecular weight is 355 g/mol. The van der Waals surface area contributed by atoms with Crippen LogP contribution in [0.25, 0.3) is 0 Å². The lowest BCUT2D eigenvalue weighted by atomic mass is 10.1. The zero-order valence-electron chi connectivity index (χ0n) is 15.2. The van der Waals surface area contributed by atoms with Crippen molar-refractivity contribution in [2.24, 2.45) is 4.99 Å². The number of hydrogen-bond acceptors (Lipinski definition) is 4. The first-order valence-electron chi connectivity index (χ1n) is 8.75. The van der Waals surface area contributed by atoms with Crippen molar-refractivity contribution in [2.45, 2.75) is 12.5 Å². The van der Waals surface area contributed by atoms with Crippen LogP contribution in [0, 0.1) is 0 Å². The van der Waals surface area contributed by atoms with E-state index < -0.39 is 0 Å². The summed E-state index contributed by atoms with van der Waals surface area (Å²) in [5.41, 5.74) is 1.17. The number of hydrogen-bond donors (Lipinski definition) is 2. The number of para-hydroxylation sites is 3. The van der Waals surface area contributed by atoms with Crippen molar-refractivity contribution in [1.29, 1.82) is 0 Å². The Bertz CT molecular complexity index is 749. The van der Waals surface area contributed by atoms with E-state index in [1.165, 1.54) is 5.56 Å². The Labute approximate surface area is 154 Å². The van der Waals surface area contributed by atoms with Gasteiger partial charge < -0.3 is 24.8 Å². The Hall–Kier alpha value is -2.89. The van der Waals surface area contributed by atoms with Crippen LogP contribution in [0.3, 0.4) is 0 Å². The van der Waals surface area contributed by atoms with E-state index in [4.69, 9.17) is 14.2 Å². The van der Waals surface area contributed by atoms with Crippen LogP contribution in [0.2, 0.25) is 0 Å². The Kier molecular flexibility index (Phi) is 6.19. The van der Waals surface area contributed by atoms with Crippen molar-refractivity contribution >= 4 is 5.96 Å². The van der Waals surface area contributed by atoms with Crippen molar-refractivity contribution in [3.63, 3.8) is 0 Å². The quantitative estimate of drug-likeness (QED) is 0.615. The molecule has 0 radical (unpaired) electrons. The van der Waals surface area contributed by atoms with Crippen molar-refractivity contribution in [2.75, 3.05) is 33.9 Å². The molecule has 0 aromatic heterocycles. The van der Waals surface area contributed by atoms with Crippen LogP contribution < -0.4 is 24.8 Å². The molecule has 0 spiro atoms. The second-order valence-electron chi connectivity index (χ2n) is 5.94. The SMILES string of the molecule is CN=C(NCCc1ccccc1OC)NCC1COc2ccccc2O1. The molecule has 0 saturated heterocycles. The van der Waals surface area contributed by atoms with Gasteiger partial charge in [0.15, 0.2) is 17.5 Å². The smallest absolute Gasteiger partial charge is 0.191 e. The molecule has 0 aliphatic carbocycles. The van der Waals surface area contributed by atoms with Crippen molar-refractivity contribution in [3.05, 3.63) is 54.1 Å². The fraction of sp³-hybridized carbons (Fsp3) is 0.350. The summed E-state index contributed by atoms with van der Waals surface area (Å²) in [6, 6.07) is 15.7. The van der Waals surface area contributed by atoms with Gasteiger partial charge in [0.05, 0.1) is 13.7 Å². The van der Waals surface area contributed by atoms with E-state index in [0.29, 0.717) is 13.2 Å². The minimum atomic E-state index is -0.0577. The minimum Gasteiger partial charge on any atom is -0.496 e. The molecule has 2 aromatic rings. The van der Waals surface area contributed by atoms with Gasteiger partial charge >= 0.3 is 0 Å². The van der Waals surface area contributed by atoms with E-state index in [-0.39, 0.29) is 6.10 Å². The van der Waals surface area contributed by atoms with Crippen LogP contribution in [-0.4, -0.2) is 45.9 Å². The fourth-order valence-corrected chi connectivity index (χ4v) is 2.82. The third-order valence-corrected chi connectivity index (χ3v) is 4.17. The molecule has 138 valence electrons. The molecular formula is C20H25N3O3. The van der Waals surface area contributed by atoms with E-state index in [1.54, 1.807) is 14.2 Å². The highest BCUT2D eigenvalue weighted by atomic mass is 16.6. The summed E-state index contributed by atoms with van der Waals surface area (Å²) >= 11 is 0. The molecule has 1 unspecified atom stereocenters. The molecule has 1 heterocycles. The van der Waals surface area contributed by atoms with E-state index in [0.717, 1.165) is 36.2 Å². The zero-order valence-corrected chi connectivity index (χ0v) is 15.2. The molecule has 6 heteroatoms. The van der Waals surface area contributed by atoms with Gasteiger partial charge in [0.25, 0.3) is 0 Å². The highest BCUT2D eigenvalue weighted by molar-refractivity contribution is 5.79. The van der Waals surface area contributed by atoms with Crippen LogP contribution in [0.15, 0.2) is 53.5 Å². The number of aliphatic imine (C=N–C) groups is 1. The summed E-state index contributed by atoms with van der Waals surface area (Å²) in [5.74, 6) is 3.22. The van der Waals surface area contributed by atoms with Gasteiger partial charge in [0.1, 0.15) is 18.5 Å². The lowest BCUT2D eigenvalue weighted by Gasteiger charge is -2.27. The van der Waals surface area contributed by atoms with Crippen LogP contribution in [0.4, 0.5) is 0 Å². The lowest BCUT2D eigenvalue weighted by Crippen LogP contribution is -2.45. The number of rotatable bonds is 6. The van der Waals surface area contributed by atoms with Crippen molar-refractivity contribution in [1.82, 2.24) is 10.6 Å². The Morgan fingerprint density at radius 3 is 2.69 bits per heavy atom. The molecular weight excluding hydrogens is 330 g/mol. The van der Waals surface area contributed by atoms with Crippen molar-refractivity contribution < 1.29 is 14.2 Å². The van der Waals surface area contributed by atoms with Crippen molar-refractivity contribution in [3.8, 4) is 17.2 Å². The normalized spacial score (nSPS) is 16.1. The predicted molar refractivity (Wildman–Crippen MR) is 102 cm³/mol. The molecule has 3 rings (SSSR count). The molecule has 1 aliphatic heterocycles. The first-order valence-corrected chi connectivity index (χ1v) is 8.75. The van der Waals surface area contributed by atoms with E-state index in [1.807, 2.05) is 42.5 Å². The van der Waals surface area contributed by atoms with Gasteiger partial charge in [-0.3, -0.25) is 4.99 Å². The Morgan fingerprint density at radius 1 is 1.12 bits per heavy atom. The third-order valence-electron chi connectivity index (χ3n) is 4.17. The molecule has 0 amide bonds. The summed E-state index contributed by atoms with van der Waals surface area (Å²) in [6.07, 6.45) is 0.791. The predicted octanol–water partition coefficient (Wildman–Crippen LogP) is 2.24. The van der Waals surface area contributed by atoms with E-state index in [9.17, 15) is 0 Å². The summed E-state index contributed by atoms with van der Waals surface area (Å²) in [5, 5.41) is 6.60. The van der Waals surface area contributed by atoms with Gasteiger partial charge in [-0.2, -0.15) is 0 Å². The highest BCUT2D eigenvalue weighted by Crippen LogP contribution is 2.30. The average Bonchev–Trinajstić information content (AvgIpc) is 2.70. The number of fused-ring (bicyclic) bond motifs is 1. The van der Waals surface area contributed by atoms with E-state index in [2.05, 4.69) is 21.7 Å². The zero-order chi connectivity index (χ0) is 18.2. The molecule has 1 atom stereocenters. The molecule has 0 bridgehead atoms. The maximum Gasteiger partial charge on any atom is 0.191 e. The molecule has 0 saturated carbocycles. The maximum atomic E-state index is 5.94. The summed E-state index contributed by atoms with van der Waals surface area (Å²) in [4.78, 5) is 4.26. The Morgan fingerprint density at radius 2 is 1.88 bits per heavy atom. The first kappa shape index (κ1) is 17.9. The van der Waals surface area contributed by atoms with Gasteiger partial charge in [-0.25, -0.2) is 0 Å². The van der Waals surface area contributed by atoms with Gasteiger partial charge in [0, 0.05) is 13.6 Å².